The molecule has 0 amide bonds. The molecule has 0 saturated heterocycles. The summed E-state index contributed by atoms with van der Waals surface area (Å²) in [7, 11) is 0. The summed E-state index contributed by atoms with van der Waals surface area (Å²) < 4.78 is 5.94. The second kappa shape index (κ2) is 3.14. The minimum atomic E-state index is -0.345. The minimum Gasteiger partial charge on any atom is -0.408 e. The molecule has 13 heavy (non-hydrogen) atoms. The topological polar surface area (TPSA) is 39.2 Å². The molecule has 0 N–H and O–H groups in total. The molecule has 0 aliphatic heterocycles. The van der Waals surface area contributed by atoms with Crippen molar-refractivity contribution in [3.63, 3.8) is 0 Å². The van der Waals surface area contributed by atoms with E-state index < -0.39 is 0 Å². The molecule has 66 valence electrons. The van der Waals surface area contributed by atoms with Gasteiger partial charge in [0.2, 0.25) is 5.88 Å². The van der Waals surface area contributed by atoms with E-state index in [-0.39, 0.29) is 5.97 Å². The number of thiophene rings is 1. The Kier molecular flexibility index (Phi) is 1.98. The van der Waals surface area contributed by atoms with Crippen molar-refractivity contribution in [2.45, 2.75) is 6.92 Å². The highest BCUT2D eigenvalue weighted by Gasteiger charge is 2.01. The van der Waals surface area contributed by atoms with Gasteiger partial charge in [0.25, 0.3) is 0 Å². The highest BCUT2D eigenvalue weighted by molar-refractivity contribution is 7.17. The molecule has 0 aliphatic rings. The maximum absolute atomic E-state index is 10.6. The van der Waals surface area contributed by atoms with Gasteiger partial charge >= 0.3 is 5.97 Å². The van der Waals surface area contributed by atoms with Crippen molar-refractivity contribution in [3.8, 4) is 5.88 Å². The first-order valence-corrected chi connectivity index (χ1v) is 4.66. The number of nitrogens with zero attached hydrogens (tertiary/aromatic N) is 1. The van der Waals surface area contributed by atoms with E-state index in [4.69, 9.17) is 4.74 Å². The second-order valence-corrected chi connectivity index (χ2v) is 3.49. The Morgan fingerprint density at radius 2 is 2.31 bits per heavy atom. The lowest BCUT2D eigenvalue weighted by atomic mass is 10.4. The van der Waals surface area contributed by atoms with Crippen molar-refractivity contribution in [3.05, 3.63) is 23.6 Å². The number of rotatable bonds is 1. The molecule has 2 heterocycles. The zero-order valence-corrected chi connectivity index (χ0v) is 7.80. The zero-order valence-electron chi connectivity index (χ0n) is 6.98. The van der Waals surface area contributed by atoms with Gasteiger partial charge in [-0.2, -0.15) is 0 Å². The summed E-state index contributed by atoms with van der Waals surface area (Å²) in [6.07, 6.45) is 0. The fourth-order valence-electron chi connectivity index (χ4n) is 1.04. The van der Waals surface area contributed by atoms with Gasteiger partial charge in [0.05, 0.1) is 10.2 Å². The molecular weight excluding hydrogens is 186 g/mol. The summed E-state index contributed by atoms with van der Waals surface area (Å²) in [4.78, 5) is 14.8. The Morgan fingerprint density at radius 1 is 1.46 bits per heavy atom. The summed E-state index contributed by atoms with van der Waals surface area (Å²) >= 11 is 1.61. The molecule has 0 atom stereocenters. The standard InChI is InChI=1S/C9H7NO2S/c1-6(11)12-9-3-2-8-7(10-9)4-5-13-8/h2-5H,1H3. The van der Waals surface area contributed by atoms with E-state index in [1.165, 1.54) is 6.92 Å². The van der Waals surface area contributed by atoms with E-state index in [9.17, 15) is 4.79 Å². The number of fused-ring (bicyclic) bond motifs is 1. The molecule has 0 bridgehead atoms. The van der Waals surface area contributed by atoms with Crippen LogP contribution in [0.2, 0.25) is 0 Å². The van der Waals surface area contributed by atoms with E-state index in [1.807, 2.05) is 17.5 Å². The van der Waals surface area contributed by atoms with Crippen molar-refractivity contribution in [1.82, 2.24) is 4.98 Å². The molecule has 4 heteroatoms. The van der Waals surface area contributed by atoms with Gasteiger partial charge < -0.3 is 4.74 Å². The van der Waals surface area contributed by atoms with Gasteiger partial charge in [0.15, 0.2) is 0 Å². The highest BCUT2D eigenvalue weighted by atomic mass is 32.1. The fourth-order valence-corrected chi connectivity index (χ4v) is 1.76. The van der Waals surface area contributed by atoms with E-state index in [0.717, 1.165) is 10.2 Å². The molecule has 0 spiro atoms. The van der Waals surface area contributed by atoms with Crippen molar-refractivity contribution in [2.24, 2.45) is 0 Å². The van der Waals surface area contributed by atoms with Crippen molar-refractivity contribution in [1.29, 1.82) is 0 Å². The molecule has 0 aliphatic carbocycles. The number of pyridine rings is 1. The molecule has 0 saturated carbocycles. The summed E-state index contributed by atoms with van der Waals surface area (Å²) in [5, 5.41) is 1.95. The highest BCUT2D eigenvalue weighted by Crippen LogP contribution is 2.21. The average Bonchev–Trinajstić information content (AvgIpc) is 2.49. The number of carbonyl (C=O) groups excluding carboxylic acids is 1. The van der Waals surface area contributed by atoms with E-state index >= 15 is 0 Å². The van der Waals surface area contributed by atoms with Gasteiger partial charge in [-0.25, -0.2) is 4.98 Å². The number of hydrogen-bond donors (Lipinski definition) is 0. The van der Waals surface area contributed by atoms with Crippen LogP contribution in [0.4, 0.5) is 0 Å². The van der Waals surface area contributed by atoms with E-state index in [2.05, 4.69) is 4.98 Å². The predicted octanol–water partition coefficient (Wildman–Crippen LogP) is 2.22. The number of esters is 1. The summed E-state index contributed by atoms with van der Waals surface area (Å²) in [5.74, 6) is 0.0143. The molecular formula is C9H7NO2S. The van der Waals surface area contributed by atoms with E-state index in [0.29, 0.717) is 5.88 Å². The van der Waals surface area contributed by atoms with Crippen LogP contribution in [0.1, 0.15) is 6.92 Å². The number of ether oxygens (including phenoxy) is 1. The van der Waals surface area contributed by atoms with Gasteiger partial charge in [0.1, 0.15) is 0 Å². The van der Waals surface area contributed by atoms with Crippen LogP contribution in [0.25, 0.3) is 10.2 Å². The van der Waals surface area contributed by atoms with Crippen LogP contribution < -0.4 is 4.74 Å². The Balaban J connectivity index is 2.42. The molecule has 2 rings (SSSR count). The van der Waals surface area contributed by atoms with Gasteiger partial charge in [0, 0.05) is 13.0 Å². The van der Waals surface area contributed by atoms with Crippen molar-refractivity contribution < 1.29 is 9.53 Å². The molecule has 0 fully saturated rings. The third kappa shape index (κ3) is 1.67. The SMILES string of the molecule is CC(=O)Oc1ccc2sccc2n1. The third-order valence-electron chi connectivity index (χ3n) is 1.53. The quantitative estimate of drug-likeness (QED) is 0.652. The van der Waals surface area contributed by atoms with Gasteiger partial charge in [-0.05, 0) is 17.5 Å². The zero-order chi connectivity index (χ0) is 9.26. The van der Waals surface area contributed by atoms with Crippen molar-refractivity contribution >= 4 is 27.5 Å². The lowest BCUT2D eigenvalue weighted by Gasteiger charge is -1.98. The van der Waals surface area contributed by atoms with Gasteiger partial charge in [-0.1, -0.05) is 0 Å². The summed E-state index contributed by atoms with van der Waals surface area (Å²) in [6, 6.07) is 5.48. The lowest BCUT2D eigenvalue weighted by molar-refractivity contribution is -0.132. The van der Waals surface area contributed by atoms with Crippen LogP contribution >= 0.6 is 11.3 Å². The van der Waals surface area contributed by atoms with E-state index in [1.54, 1.807) is 17.4 Å². The first kappa shape index (κ1) is 8.19. The smallest absolute Gasteiger partial charge is 0.309 e. The summed E-state index contributed by atoms with van der Waals surface area (Å²) in [6.45, 7) is 1.36. The van der Waals surface area contributed by atoms with Crippen LogP contribution in [-0.4, -0.2) is 11.0 Å². The first-order chi connectivity index (χ1) is 6.25. The molecule has 2 aromatic rings. The molecule has 3 nitrogen and oxygen atoms in total. The number of aromatic nitrogens is 1. The summed E-state index contributed by atoms with van der Waals surface area (Å²) in [5.41, 5.74) is 0.865. The lowest BCUT2D eigenvalue weighted by Crippen LogP contribution is -2.02. The molecule has 2 aromatic heterocycles. The van der Waals surface area contributed by atoms with Crippen LogP contribution in [0, 0.1) is 0 Å². The second-order valence-electron chi connectivity index (χ2n) is 2.55. The van der Waals surface area contributed by atoms with Crippen LogP contribution in [-0.2, 0) is 4.79 Å². The molecule has 0 radical (unpaired) electrons. The average molecular weight is 193 g/mol. The normalized spacial score (nSPS) is 10.2. The Hall–Kier alpha value is -1.42. The predicted molar refractivity (Wildman–Crippen MR) is 50.9 cm³/mol. The number of carbonyl (C=O) groups is 1. The van der Waals surface area contributed by atoms with Crippen LogP contribution in [0.5, 0.6) is 5.88 Å². The van der Waals surface area contributed by atoms with Crippen LogP contribution in [0.3, 0.4) is 0 Å². The van der Waals surface area contributed by atoms with Gasteiger partial charge in [-0.3, -0.25) is 4.79 Å². The van der Waals surface area contributed by atoms with Gasteiger partial charge in [-0.15, -0.1) is 11.3 Å². The Bertz CT molecular complexity index is 450. The minimum absolute atomic E-state index is 0.345. The monoisotopic (exact) mass is 193 g/mol. The van der Waals surface area contributed by atoms with Crippen molar-refractivity contribution in [2.75, 3.05) is 0 Å². The largest absolute Gasteiger partial charge is 0.408 e. The maximum atomic E-state index is 10.6. The fraction of sp³-hybridized carbons (Fsp3) is 0.111. The molecule has 0 unspecified atom stereocenters. The Morgan fingerprint density at radius 3 is 3.08 bits per heavy atom. The third-order valence-corrected chi connectivity index (χ3v) is 2.40. The number of hydrogen-bond acceptors (Lipinski definition) is 4. The maximum Gasteiger partial charge on any atom is 0.309 e. The molecule has 0 aromatic carbocycles. The first-order valence-electron chi connectivity index (χ1n) is 3.78. The van der Waals surface area contributed by atoms with Crippen LogP contribution in [0.15, 0.2) is 23.6 Å². The Labute approximate surface area is 79.0 Å².